The number of aromatic amines is 1. The third kappa shape index (κ3) is 2.66. The first-order chi connectivity index (χ1) is 8.47. The van der Waals surface area contributed by atoms with Gasteiger partial charge in [-0.15, -0.1) is 10.2 Å². The molecule has 10 heteroatoms. The van der Waals surface area contributed by atoms with Gasteiger partial charge in [0.25, 0.3) is 11.7 Å². The Balaban J connectivity index is 2.14. The second kappa shape index (κ2) is 4.49. The van der Waals surface area contributed by atoms with Gasteiger partial charge in [0.2, 0.25) is 0 Å². The monoisotopic (exact) mass is 268 g/mol. The summed E-state index contributed by atoms with van der Waals surface area (Å²) in [5.41, 5.74) is 0.331. The van der Waals surface area contributed by atoms with Crippen molar-refractivity contribution in [2.45, 2.75) is 5.03 Å². The molecule has 0 unspecified atom stereocenters. The largest absolute Gasteiger partial charge is 0.318 e. The second-order valence-electron chi connectivity index (χ2n) is 3.35. The molecule has 0 aliphatic carbocycles. The summed E-state index contributed by atoms with van der Waals surface area (Å²) >= 11 is 0. The molecule has 2 aromatic heterocycles. The average Bonchev–Trinajstić information content (AvgIpc) is 2.82. The Morgan fingerprint density at radius 3 is 2.67 bits per heavy atom. The van der Waals surface area contributed by atoms with Crippen molar-refractivity contribution in [3.63, 3.8) is 0 Å². The van der Waals surface area contributed by atoms with Gasteiger partial charge in [-0.1, -0.05) is 0 Å². The summed E-state index contributed by atoms with van der Waals surface area (Å²) in [6.07, 6.45) is 2.28. The zero-order chi connectivity index (χ0) is 13.2. The number of nitrogens with zero attached hydrogens (tertiary/aromatic N) is 4. The lowest BCUT2D eigenvalue weighted by Gasteiger charge is -2.02. The van der Waals surface area contributed by atoms with Crippen LogP contribution in [0.1, 0.15) is 10.6 Å². The predicted octanol–water partition coefficient (Wildman–Crippen LogP) is -0.750. The lowest BCUT2D eigenvalue weighted by atomic mass is 10.4. The topological polar surface area (TPSA) is 131 Å². The van der Waals surface area contributed by atoms with Gasteiger partial charge in [0, 0.05) is 6.26 Å². The molecule has 1 amide bonds. The molecule has 0 saturated carbocycles. The van der Waals surface area contributed by atoms with Crippen LogP contribution in [0.15, 0.2) is 23.4 Å². The standard InChI is InChI=1S/C8H8N6O3S/c1-18(16,17)6-3-2-5(4-9-6)10-8(15)7-11-13-14-12-7/h2-4H,1H3,(H,10,15)(H,11,12,13,14). The van der Waals surface area contributed by atoms with Gasteiger partial charge in [0.1, 0.15) is 0 Å². The van der Waals surface area contributed by atoms with Crippen LogP contribution < -0.4 is 5.32 Å². The Kier molecular flexibility index (Phi) is 3.02. The molecule has 2 heterocycles. The lowest BCUT2D eigenvalue weighted by Crippen LogP contribution is -2.14. The van der Waals surface area contributed by atoms with Crippen LogP contribution in [0, 0.1) is 0 Å². The summed E-state index contributed by atoms with van der Waals surface area (Å²) in [5.74, 6) is -0.695. The minimum Gasteiger partial charge on any atom is -0.318 e. The Bertz CT molecular complexity index is 649. The van der Waals surface area contributed by atoms with E-state index in [1.54, 1.807) is 0 Å². The van der Waals surface area contributed by atoms with Crippen molar-refractivity contribution < 1.29 is 13.2 Å². The highest BCUT2D eigenvalue weighted by molar-refractivity contribution is 7.90. The van der Waals surface area contributed by atoms with E-state index in [0.717, 1.165) is 6.26 Å². The number of amides is 1. The molecule has 94 valence electrons. The van der Waals surface area contributed by atoms with Crippen LogP contribution in [0.25, 0.3) is 0 Å². The fraction of sp³-hybridized carbons (Fsp3) is 0.125. The van der Waals surface area contributed by atoms with Gasteiger partial charge >= 0.3 is 0 Å². The number of carbonyl (C=O) groups is 1. The van der Waals surface area contributed by atoms with Crippen molar-refractivity contribution in [1.29, 1.82) is 0 Å². The highest BCUT2D eigenvalue weighted by Crippen LogP contribution is 2.10. The number of aromatic nitrogens is 5. The van der Waals surface area contributed by atoms with E-state index >= 15 is 0 Å². The Morgan fingerprint density at radius 2 is 2.17 bits per heavy atom. The maximum absolute atomic E-state index is 11.5. The highest BCUT2D eigenvalue weighted by atomic mass is 32.2. The van der Waals surface area contributed by atoms with Crippen LogP contribution in [-0.4, -0.2) is 46.2 Å². The van der Waals surface area contributed by atoms with Crippen LogP contribution in [0.5, 0.6) is 0 Å². The van der Waals surface area contributed by atoms with Crippen LogP contribution in [0.3, 0.4) is 0 Å². The van der Waals surface area contributed by atoms with Crippen LogP contribution in [0.4, 0.5) is 5.69 Å². The minimum absolute atomic E-state index is 0.0694. The number of hydrogen-bond acceptors (Lipinski definition) is 7. The van der Waals surface area contributed by atoms with E-state index in [1.165, 1.54) is 18.3 Å². The first-order valence-corrected chi connectivity index (χ1v) is 6.57. The molecule has 9 nitrogen and oxygen atoms in total. The molecular weight excluding hydrogens is 260 g/mol. The van der Waals surface area contributed by atoms with Crippen LogP contribution in [-0.2, 0) is 9.84 Å². The fourth-order valence-electron chi connectivity index (χ4n) is 1.12. The van der Waals surface area contributed by atoms with Gasteiger partial charge in [-0.25, -0.2) is 13.4 Å². The highest BCUT2D eigenvalue weighted by Gasteiger charge is 2.12. The van der Waals surface area contributed by atoms with Crippen molar-refractivity contribution in [1.82, 2.24) is 25.6 Å². The Morgan fingerprint density at radius 1 is 1.39 bits per heavy atom. The molecule has 0 aromatic carbocycles. The number of pyridine rings is 1. The maximum Gasteiger partial charge on any atom is 0.297 e. The van der Waals surface area contributed by atoms with Crippen molar-refractivity contribution in [2.24, 2.45) is 0 Å². The molecule has 2 rings (SSSR count). The number of anilines is 1. The summed E-state index contributed by atoms with van der Waals surface area (Å²) in [4.78, 5) is 15.2. The molecule has 18 heavy (non-hydrogen) atoms. The molecule has 0 radical (unpaired) electrons. The summed E-state index contributed by atoms with van der Waals surface area (Å²) in [5, 5.41) is 14.7. The van der Waals surface area contributed by atoms with Gasteiger partial charge in [-0.2, -0.15) is 5.21 Å². The van der Waals surface area contributed by atoms with E-state index in [-0.39, 0.29) is 10.9 Å². The number of sulfone groups is 1. The van der Waals surface area contributed by atoms with Crippen LogP contribution >= 0.6 is 0 Å². The van der Waals surface area contributed by atoms with Gasteiger partial charge in [-0.3, -0.25) is 4.79 Å². The van der Waals surface area contributed by atoms with E-state index < -0.39 is 15.7 Å². The summed E-state index contributed by atoms with van der Waals surface area (Å²) < 4.78 is 22.3. The third-order valence-electron chi connectivity index (χ3n) is 1.92. The van der Waals surface area contributed by atoms with Crippen LogP contribution in [0.2, 0.25) is 0 Å². The molecule has 0 aliphatic rings. The zero-order valence-electron chi connectivity index (χ0n) is 9.15. The SMILES string of the molecule is CS(=O)(=O)c1ccc(NC(=O)c2nn[nH]n2)cn1. The Hall–Kier alpha value is -2.36. The van der Waals surface area contributed by atoms with E-state index in [1.807, 2.05) is 0 Å². The number of carbonyl (C=O) groups excluding carboxylic acids is 1. The van der Waals surface area contributed by atoms with E-state index in [0.29, 0.717) is 5.69 Å². The summed E-state index contributed by atoms with van der Waals surface area (Å²) in [6, 6.07) is 2.71. The maximum atomic E-state index is 11.5. The van der Waals surface area contributed by atoms with Crippen molar-refractivity contribution in [3.05, 3.63) is 24.2 Å². The number of hydrogen-bond donors (Lipinski definition) is 2. The minimum atomic E-state index is -3.35. The molecule has 0 fully saturated rings. The summed E-state index contributed by atoms with van der Waals surface area (Å²) in [6.45, 7) is 0. The number of nitrogens with one attached hydrogen (secondary N) is 2. The smallest absolute Gasteiger partial charge is 0.297 e. The first kappa shape index (κ1) is 12.1. The molecule has 2 aromatic rings. The number of H-pyrrole nitrogens is 1. The molecule has 2 N–H and O–H groups in total. The second-order valence-corrected chi connectivity index (χ2v) is 5.31. The molecule has 0 atom stereocenters. The molecule has 0 spiro atoms. The third-order valence-corrected chi connectivity index (χ3v) is 2.92. The van der Waals surface area contributed by atoms with Crippen molar-refractivity contribution in [3.8, 4) is 0 Å². The van der Waals surface area contributed by atoms with Gasteiger partial charge in [0.15, 0.2) is 14.9 Å². The Labute approximate surface area is 102 Å². The zero-order valence-corrected chi connectivity index (χ0v) is 9.97. The van der Waals surface area contributed by atoms with Gasteiger partial charge in [-0.05, 0) is 17.3 Å². The molecular formula is C8H8N6O3S. The molecule has 0 saturated heterocycles. The molecule has 0 aliphatic heterocycles. The van der Waals surface area contributed by atoms with Gasteiger partial charge in [0.05, 0.1) is 11.9 Å². The molecule has 0 bridgehead atoms. The first-order valence-electron chi connectivity index (χ1n) is 4.68. The average molecular weight is 268 g/mol. The van der Waals surface area contributed by atoms with Gasteiger partial charge < -0.3 is 5.32 Å². The lowest BCUT2D eigenvalue weighted by molar-refractivity contribution is 0.101. The van der Waals surface area contributed by atoms with E-state index in [4.69, 9.17) is 0 Å². The van der Waals surface area contributed by atoms with Crippen molar-refractivity contribution >= 4 is 21.4 Å². The quantitative estimate of drug-likeness (QED) is 0.748. The number of tetrazole rings is 1. The normalized spacial score (nSPS) is 11.2. The summed E-state index contributed by atoms with van der Waals surface area (Å²) in [7, 11) is -3.35. The van der Waals surface area contributed by atoms with E-state index in [2.05, 4.69) is 30.9 Å². The number of rotatable bonds is 3. The predicted molar refractivity (Wildman–Crippen MR) is 59.5 cm³/mol. The van der Waals surface area contributed by atoms with Crippen molar-refractivity contribution in [2.75, 3.05) is 11.6 Å². The van der Waals surface area contributed by atoms with E-state index in [9.17, 15) is 13.2 Å². The fourth-order valence-corrected chi connectivity index (χ4v) is 1.68.